The number of hydrogen-bond donors (Lipinski definition) is 0. The van der Waals surface area contributed by atoms with Crippen molar-refractivity contribution in [1.82, 2.24) is 0 Å². The van der Waals surface area contributed by atoms with Crippen LogP contribution in [0.25, 0.3) is 10.8 Å². The number of fused-ring (bicyclic) bond motifs is 1. The van der Waals surface area contributed by atoms with Crippen LogP contribution in [-0.4, -0.2) is 15.2 Å². The molecule has 138 valence electrons. The molecule has 0 amide bonds. The molecular weight excluding hydrogens is 324 g/mol. The van der Waals surface area contributed by atoms with Gasteiger partial charge < -0.3 is 8.85 Å². The zero-order valence-electron chi connectivity index (χ0n) is 16.2. The Labute approximate surface area is 154 Å². The summed E-state index contributed by atoms with van der Waals surface area (Å²) >= 11 is 0. The molecule has 0 aliphatic heterocycles. The number of benzene rings is 2. The van der Waals surface area contributed by atoms with Crippen LogP contribution in [0.4, 0.5) is 0 Å². The van der Waals surface area contributed by atoms with Gasteiger partial charge in [-0.1, -0.05) is 89.3 Å². The quantitative estimate of drug-likeness (QED) is 0.298. The second kappa shape index (κ2) is 10.6. The van der Waals surface area contributed by atoms with Gasteiger partial charge in [0.25, 0.3) is 0 Å². The fraction of sp³-hybridized carbons (Fsp3) is 0.545. The summed E-state index contributed by atoms with van der Waals surface area (Å²) in [6.07, 6.45) is 7.76. The molecule has 3 heteroatoms. The van der Waals surface area contributed by atoms with E-state index in [1.54, 1.807) is 0 Å². The van der Waals surface area contributed by atoms with Gasteiger partial charge in [-0.3, -0.25) is 0 Å². The second-order valence-electron chi connectivity index (χ2n) is 6.81. The van der Waals surface area contributed by atoms with Gasteiger partial charge in [-0.05, 0) is 30.0 Å². The molecule has 2 nitrogen and oxygen atoms in total. The zero-order chi connectivity index (χ0) is 18.0. The molecule has 2 aromatic carbocycles. The molecule has 0 saturated carbocycles. The molecule has 0 fully saturated rings. The minimum Gasteiger partial charge on any atom is -0.520 e. The van der Waals surface area contributed by atoms with Crippen molar-refractivity contribution in [3.8, 4) is 5.75 Å². The third-order valence-corrected chi connectivity index (χ3v) is 8.46. The summed E-state index contributed by atoms with van der Waals surface area (Å²) in [6, 6.07) is 16.7. The first-order valence-electron chi connectivity index (χ1n) is 10.1. The van der Waals surface area contributed by atoms with Crippen LogP contribution in [0.1, 0.15) is 59.3 Å². The van der Waals surface area contributed by atoms with Crippen molar-refractivity contribution in [3.05, 3.63) is 42.5 Å². The Morgan fingerprint density at radius 2 is 1.44 bits per heavy atom. The zero-order valence-corrected chi connectivity index (χ0v) is 17.2. The molecule has 0 aromatic heterocycles. The van der Waals surface area contributed by atoms with E-state index in [-0.39, 0.29) is 0 Å². The predicted molar refractivity (Wildman–Crippen MR) is 111 cm³/mol. The Balaban J connectivity index is 1.96. The van der Waals surface area contributed by atoms with Crippen LogP contribution < -0.4 is 4.43 Å². The highest BCUT2D eigenvalue weighted by Gasteiger charge is 2.36. The molecule has 0 N–H and O–H groups in total. The monoisotopic (exact) mass is 358 g/mol. The highest BCUT2D eigenvalue weighted by molar-refractivity contribution is 6.68. The minimum absolute atomic E-state index is 0.838. The summed E-state index contributed by atoms with van der Waals surface area (Å²) in [5.41, 5.74) is 0. The smallest absolute Gasteiger partial charge is 0.398 e. The van der Waals surface area contributed by atoms with Gasteiger partial charge in [0, 0.05) is 12.0 Å². The topological polar surface area (TPSA) is 18.5 Å². The van der Waals surface area contributed by atoms with Crippen molar-refractivity contribution in [2.75, 3.05) is 6.61 Å². The summed E-state index contributed by atoms with van der Waals surface area (Å²) in [7, 11) is -2.18. The fourth-order valence-electron chi connectivity index (χ4n) is 3.25. The Hall–Kier alpha value is -1.32. The van der Waals surface area contributed by atoms with Crippen molar-refractivity contribution in [1.29, 1.82) is 0 Å². The maximum Gasteiger partial charge on any atom is 0.398 e. The molecule has 0 bridgehead atoms. The van der Waals surface area contributed by atoms with Gasteiger partial charge in [0.1, 0.15) is 5.75 Å². The molecule has 0 unspecified atom stereocenters. The third kappa shape index (κ3) is 5.86. The van der Waals surface area contributed by atoms with E-state index in [0.29, 0.717) is 0 Å². The summed E-state index contributed by atoms with van der Waals surface area (Å²) in [5.74, 6) is 0.983. The lowest BCUT2D eigenvalue weighted by Crippen LogP contribution is -2.44. The average Bonchev–Trinajstić information content (AvgIpc) is 2.66. The number of rotatable bonds is 12. The van der Waals surface area contributed by atoms with Gasteiger partial charge in [0.15, 0.2) is 0 Å². The molecular formula is C22H34O2Si. The summed E-state index contributed by atoms with van der Waals surface area (Å²) in [5, 5.41) is 2.41. The summed E-state index contributed by atoms with van der Waals surface area (Å²) < 4.78 is 13.0. The molecule has 0 aliphatic carbocycles. The Bertz CT molecular complexity index is 617. The van der Waals surface area contributed by atoms with Crippen molar-refractivity contribution in [3.63, 3.8) is 0 Å². The van der Waals surface area contributed by atoms with E-state index in [4.69, 9.17) is 8.85 Å². The van der Waals surface area contributed by atoms with Crippen molar-refractivity contribution in [2.45, 2.75) is 71.4 Å². The van der Waals surface area contributed by atoms with Gasteiger partial charge in [0.2, 0.25) is 0 Å². The fourth-order valence-corrected chi connectivity index (χ4v) is 5.60. The van der Waals surface area contributed by atoms with Crippen LogP contribution in [0.5, 0.6) is 5.75 Å². The Morgan fingerprint density at radius 1 is 0.760 bits per heavy atom. The molecule has 0 radical (unpaired) electrons. The molecule has 2 rings (SSSR count). The van der Waals surface area contributed by atoms with Crippen molar-refractivity contribution in [2.24, 2.45) is 0 Å². The van der Waals surface area contributed by atoms with Gasteiger partial charge in [-0.25, -0.2) is 0 Å². The van der Waals surface area contributed by atoms with Gasteiger partial charge in [0.05, 0.1) is 0 Å². The van der Waals surface area contributed by atoms with Gasteiger partial charge in [-0.2, -0.15) is 0 Å². The average molecular weight is 359 g/mol. The second-order valence-corrected chi connectivity index (χ2v) is 10.5. The summed E-state index contributed by atoms with van der Waals surface area (Å²) in [6.45, 7) is 7.52. The van der Waals surface area contributed by atoms with E-state index in [0.717, 1.165) is 30.9 Å². The first-order chi connectivity index (χ1) is 12.2. The van der Waals surface area contributed by atoms with Crippen LogP contribution >= 0.6 is 0 Å². The molecule has 0 aliphatic rings. The standard InChI is InChI=1S/C22H34O2Si/c1-4-7-8-9-10-13-19-23-25(5-2,6-3)24-22-18-14-16-20-15-11-12-17-21(20)22/h11-12,14-18H,4-10,13,19H2,1-3H3. The van der Waals surface area contributed by atoms with Crippen LogP contribution in [0.3, 0.4) is 0 Å². The van der Waals surface area contributed by atoms with E-state index < -0.39 is 8.56 Å². The molecule has 25 heavy (non-hydrogen) atoms. The van der Waals surface area contributed by atoms with E-state index in [9.17, 15) is 0 Å². The minimum atomic E-state index is -2.18. The van der Waals surface area contributed by atoms with Crippen LogP contribution in [0, 0.1) is 0 Å². The SMILES string of the molecule is CCCCCCCCO[Si](CC)(CC)Oc1cccc2ccccc12. The van der Waals surface area contributed by atoms with E-state index >= 15 is 0 Å². The van der Waals surface area contributed by atoms with E-state index in [1.807, 2.05) is 0 Å². The van der Waals surface area contributed by atoms with E-state index in [1.165, 1.54) is 42.9 Å². The summed E-state index contributed by atoms with van der Waals surface area (Å²) in [4.78, 5) is 0. The highest BCUT2D eigenvalue weighted by atomic mass is 28.4. The maximum atomic E-state index is 6.58. The first-order valence-corrected chi connectivity index (χ1v) is 12.3. The molecule has 2 aromatic rings. The maximum absolute atomic E-state index is 6.58. The van der Waals surface area contributed by atoms with Crippen LogP contribution in [0.15, 0.2) is 42.5 Å². The normalized spacial score (nSPS) is 11.8. The molecule has 0 spiro atoms. The Morgan fingerprint density at radius 3 is 2.20 bits per heavy atom. The lowest BCUT2D eigenvalue weighted by atomic mass is 10.1. The molecule has 0 atom stereocenters. The first kappa shape index (κ1) is 20.0. The van der Waals surface area contributed by atoms with Gasteiger partial charge >= 0.3 is 8.56 Å². The largest absolute Gasteiger partial charge is 0.520 e. The number of hydrogen-bond acceptors (Lipinski definition) is 2. The molecule has 0 saturated heterocycles. The lowest BCUT2D eigenvalue weighted by Gasteiger charge is -2.30. The highest BCUT2D eigenvalue weighted by Crippen LogP contribution is 2.30. The van der Waals surface area contributed by atoms with Gasteiger partial charge in [-0.15, -0.1) is 0 Å². The van der Waals surface area contributed by atoms with Crippen molar-refractivity contribution < 1.29 is 8.85 Å². The predicted octanol–water partition coefficient (Wildman–Crippen LogP) is 7.08. The van der Waals surface area contributed by atoms with Crippen LogP contribution in [0.2, 0.25) is 12.1 Å². The third-order valence-electron chi connectivity index (χ3n) is 4.99. The van der Waals surface area contributed by atoms with Crippen molar-refractivity contribution >= 4 is 19.3 Å². The molecule has 0 heterocycles. The van der Waals surface area contributed by atoms with E-state index in [2.05, 4.69) is 63.2 Å². The number of unbranched alkanes of at least 4 members (excludes halogenated alkanes) is 5. The Kier molecular flexibility index (Phi) is 8.49. The van der Waals surface area contributed by atoms with Crippen LogP contribution in [-0.2, 0) is 4.43 Å². The lowest BCUT2D eigenvalue weighted by molar-refractivity contribution is 0.231.